The van der Waals surface area contributed by atoms with E-state index in [1.165, 1.54) is 11.0 Å². The molecule has 7 heteroatoms. The van der Waals surface area contributed by atoms with Crippen LogP contribution in [-0.4, -0.2) is 43.5 Å². The molecule has 2 amide bonds. The highest BCUT2D eigenvalue weighted by molar-refractivity contribution is 5.96. The number of benzene rings is 2. The Morgan fingerprint density at radius 3 is 2.44 bits per heavy atom. The monoisotopic (exact) mass is 374 g/mol. The predicted octanol–water partition coefficient (Wildman–Crippen LogP) is 2.40. The van der Waals surface area contributed by atoms with Crippen LogP contribution >= 0.6 is 0 Å². The molecule has 2 aromatic carbocycles. The quantitative estimate of drug-likeness (QED) is 0.845. The molecule has 3 rings (SSSR count). The van der Waals surface area contributed by atoms with Crippen molar-refractivity contribution in [2.24, 2.45) is 5.92 Å². The number of hydrogen-bond donors (Lipinski definition) is 1. The van der Waals surface area contributed by atoms with Crippen molar-refractivity contribution >= 4 is 11.8 Å². The largest absolute Gasteiger partial charge is 0.497 e. The Labute approximate surface area is 155 Å². The van der Waals surface area contributed by atoms with Crippen LogP contribution in [0.1, 0.15) is 15.9 Å². The van der Waals surface area contributed by atoms with Gasteiger partial charge in [0.1, 0.15) is 5.75 Å². The molecule has 5 nitrogen and oxygen atoms in total. The van der Waals surface area contributed by atoms with E-state index >= 15 is 0 Å². The van der Waals surface area contributed by atoms with E-state index in [9.17, 15) is 18.4 Å². The first kappa shape index (κ1) is 18.8. The fourth-order valence-electron chi connectivity index (χ4n) is 2.89. The third kappa shape index (κ3) is 4.42. The van der Waals surface area contributed by atoms with Gasteiger partial charge < -0.3 is 15.0 Å². The van der Waals surface area contributed by atoms with Gasteiger partial charge in [-0.15, -0.1) is 0 Å². The summed E-state index contributed by atoms with van der Waals surface area (Å²) in [5.41, 5.74) is 1.16. The first-order chi connectivity index (χ1) is 13.0. The van der Waals surface area contributed by atoms with Crippen molar-refractivity contribution in [2.75, 3.05) is 26.7 Å². The summed E-state index contributed by atoms with van der Waals surface area (Å²) in [6.45, 7) is 1.04. The third-order valence-corrected chi connectivity index (χ3v) is 4.58. The summed E-state index contributed by atoms with van der Waals surface area (Å²) in [6.07, 6.45) is 0.694. The van der Waals surface area contributed by atoms with Crippen molar-refractivity contribution in [3.63, 3.8) is 0 Å². The van der Waals surface area contributed by atoms with E-state index in [1.807, 2.05) is 24.3 Å². The van der Waals surface area contributed by atoms with Gasteiger partial charge in [0.25, 0.3) is 5.91 Å². The van der Waals surface area contributed by atoms with Gasteiger partial charge in [-0.1, -0.05) is 12.1 Å². The maximum Gasteiger partial charge on any atom is 0.254 e. The highest BCUT2D eigenvalue weighted by Crippen LogP contribution is 2.20. The summed E-state index contributed by atoms with van der Waals surface area (Å²) in [4.78, 5) is 25.8. The number of ether oxygens (including phenoxy) is 1. The number of amides is 2. The van der Waals surface area contributed by atoms with Crippen LogP contribution in [0, 0.1) is 17.6 Å². The van der Waals surface area contributed by atoms with Gasteiger partial charge in [0, 0.05) is 25.2 Å². The van der Waals surface area contributed by atoms with Gasteiger partial charge in [0.2, 0.25) is 5.91 Å². The van der Waals surface area contributed by atoms with Crippen LogP contribution < -0.4 is 10.1 Å². The van der Waals surface area contributed by atoms with Gasteiger partial charge in [0.05, 0.1) is 13.0 Å². The normalized spacial score (nSPS) is 13.8. The maximum absolute atomic E-state index is 13.2. The molecule has 0 atom stereocenters. The highest BCUT2D eigenvalue weighted by Gasteiger charge is 2.36. The lowest BCUT2D eigenvalue weighted by molar-refractivity contribution is -0.128. The van der Waals surface area contributed by atoms with Gasteiger partial charge in [-0.05, 0) is 42.3 Å². The van der Waals surface area contributed by atoms with E-state index < -0.39 is 17.5 Å². The van der Waals surface area contributed by atoms with Crippen LogP contribution in [0.4, 0.5) is 8.78 Å². The molecule has 0 radical (unpaired) electrons. The molecule has 27 heavy (non-hydrogen) atoms. The van der Waals surface area contributed by atoms with Crippen LogP contribution in [0.2, 0.25) is 0 Å². The first-order valence-corrected chi connectivity index (χ1v) is 8.63. The average molecular weight is 374 g/mol. The first-order valence-electron chi connectivity index (χ1n) is 8.63. The molecule has 142 valence electrons. The Morgan fingerprint density at radius 1 is 1.11 bits per heavy atom. The van der Waals surface area contributed by atoms with Gasteiger partial charge in [-0.2, -0.15) is 0 Å². The van der Waals surface area contributed by atoms with E-state index in [-0.39, 0.29) is 30.5 Å². The van der Waals surface area contributed by atoms with E-state index in [2.05, 4.69) is 5.32 Å². The molecule has 0 unspecified atom stereocenters. The maximum atomic E-state index is 13.2. The molecule has 0 bridgehead atoms. The number of carbonyl (C=O) groups excluding carboxylic acids is 2. The predicted molar refractivity (Wildman–Crippen MR) is 95.5 cm³/mol. The molecular formula is C20H20F2N2O3. The second kappa shape index (κ2) is 8.16. The Kier molecular flexibility index (Phi) is 5.69. The van der Waals surface area contributed by atoms with E-state index in [4.69, 9.17) is 4.74 Å². The number of nitrogens with zero attached hydrogens (tertiary/aromatic N) is 1. The number of likely N-dealkylation sites (tertiary alicyclic amines) is 1. The van der Waals surface area contributed by atoms with Gasteiger partial charge in [-0.25, -0.2) is 8.78 Å². The smallest absolute Gasteiger partial charge is 0.254 e. The Bertz CT molecular complexity index is 834. The Morgan fingerprint density at radius 2 is 1.81 bits per heavy atom. The molecule has 1 fully saturated rings. The molecule has 1 N–H and O–H groups in total. The Balaban J connectivity index is 1.42. The SMILES string of the molecule is COc1ccc(CCNC(=O)C2CN(C(=O)c3ccc(F)c(F)c3)C2)cc1. The molecule has 1 heterocycles. The summed E-state index contributed by atoms with van der Waals surface area (Å²) in [5.74, 6) is -2.08. The molecule has 0 spiro atoms. The van der Waals surface area contributed by atoms with Gasteiger partial charge in [-0.3, -0.25) is 9.59 Å². The second-order valence-corrected chi connectivity index (χ2v) is 6.43. The van der Waals surface area contributed by atoms with Crippen molar-refractivity contribution in [2.45, 2.75) is 6.42 Å². The lowest BCUT2D eigenvalue weighted by atomic mass is 9.97. The number of rotatable bonds is 6. The fourth-order valence-corrected chi connectivity index (χ4v) is 2.89. The summed E-state index contributed by atoms with van der Waals surface area (Å²) < 4.78 is 31.3. The number of nitrogens with one attached hydrogen (secondary N) is 1. The van der Waals surface area contributed by atoms with Crippen LogP contribution in [-0.2, 0) is 11.2 Å². The molecule has 1 aliphatic heterocycles. The summed E-state index contributed by atoms with van der Waals surface area (Å²) in [7, 11) is 1.61. The van der Waals surface area contributed by atoms with Gasteiger partial charge >= 0.3 is 0 Å². The zero-order valence-corrected chi connectivity index (χ0v) is 14.9. The van der Waals surface area contributed by atoms with Crippen LogP contribution in [0.25, 0.3) is 0 Å². The minimum Gasteiger partial charge on any atom is -0.497 e. The third-order valence-electron chi connectivity index (χ3n) is 4.58. The van der Waals surface area contributed by atoms with Crippen LogP contribution in [0.5, 0.6) is 5.75 Å². The molecule has 0 saturated carbocycles. The minimum atomic E-state index is -1.06. The zero-order chi connectivity index (χ0) is 19.4. The molecule has 1 aliphatic rings. The summed E-state index contributed by atoms with van der Waals surface area (Å²) >= 11 is 0. The van der Waals surface area contributed by atoms with Crippen molar-refractivity contribution in [3.8, 4) is 5.75 Å². The fraction of sp³-hybridized carbons (Fsp3) is 0.300. The number of halogens is 2. The number of hydrogen-bond acceptors (Lipinski definition) is 3. The van der Waals surface area contributed by atoms with Crippen molar-refractivity contribution in [3.05, 3.63) is 65.2 Å². The van der Waals surface area contributed by atoms with E-state index in [1.54, 1.807) is 7.11 Å². The second-order valence-electron chi connectivity index (χ2n) is 6.43. The summed E-state index contributed by atoms with van der Waals surface area (Å²) in [5, 5.41) is 2.86. The molecule has 2 aromatic rings. The molecular weight excluding hydrogens is 354 g/mol. The lowest BCUT2D eigenvalue weighted by Gasteiger charge is -2.38. The van der Waals surface area contributed by atoms with Gasteiger partial charge in [0.15, 0.2) is 11.6 Å². The summed E-state index contributed by atoms with van der Waals surface area (Å²) in [6, 6.07) is 10.7. The lowest BCUT2D eigenvalue weighted by Crippen LogP contribution is -2.55. The van der Waals surface area contributed by atoms with E-state index in [0.717, 1.165) is 23.4 Å². The van der Waals surface area contributed by atoms with Crippen molar-refractivity contribution in [1.82, 2.24) is 10.2 Å². The highest BCUT2D eigenvalue weighted by atomic mass is 19.2. The number of methoxy groups -OCH3 is 1. The van der Waals surface area contributed by atoms with E-state index in [0.29, 0.717) is 13.0 Å². The average Bonchev–Trinajstić information content (AvgIpc) is 2.63. The van der Waals surface area contributed by atoms with Crippen molar-refractivity contribution in [1.29, 1.82) is 0 Å². The van der Waals surface area contributed by atoms with Crippen molar-refractivity contribution < 1.29 is 23.1 Å². The van der Waals surface area contributed by atoms with Crippen LogP contribution in [0.15, 0.2) is 42.5 Å². The zero-order valence-electron chi connectivity index (χ0n) is 14.9. The minimum absolute atomic E-state index is 0.0762. The number of carbonyl (C=O) groups is 2. The topological polar surface area (TPSA) is 58.6 Å². The molecule has 0 aromatic heterocycles. The molecule has 1 saturated heterocycles. The standard InChI is InChI=1S/C20H20F2N2O3/c1-27-16-5-2-13(3-6-16)8-9-23-19(25)15-11-24(12-15)20(26)14-4-7-17(21)18(22)10-14/h2-7,10,15H,8-9,11-12H2,1H3,(H,23,25). The van der Waals surface area contributed by atoms with Crippen LogP contribution in [0.3, 0.4) is 0 Å². The Hall–Kier alpha value is -2.96. The molecule has 0 aliphatic carbocycles.